The topological polar surface area (TPSA) is 46.2 Å². The lowest BCUT2D eigenvalue weighted by atomic mass is 10.2. The van der Waals surface area contributed by atoms with Crippen LogP contribution in [0.25, 0.3) is 0 Å². The van der Waals surface area contributed by atoms with Gasteiger partial charge in [-0.3, -0.25) is 0 Å². The molecule has 114 valence electrons. The summed E-state index contributed by atoms with van der Waals surface area (Å²) < 4.78 is 52.7. The third kappa shape index (κ3) is 3.83. The van der Waals surface area contributed by atoms with Gasteiger partial charge in [-0.2, -0.15) is 4.72 Å². The van der Waals surface area contributed by atoms with Crippen LogP contribution in [0.15, 0.2) is 47.4 Å². The maximum absolute atomic E-state index is 13.5. The van der Waals surface area contributed by atoms with E-state index in [2.05, 4.69) is 11.8 Å². The molecule has 0 spiro atoms. The van der Waals surface area contributed by atoms with E-state index in [0.29, 0.717) is 10.6 Å². The van der Waals surface area contributed by atoms with Crippen molar-refractivity contribution in [2.75, 3.05) is 6.54 Å². The number of benzene rings is 2. The fourth-order valence-electron chi connectivity index (χ4n) is 1.64. The van der Waals surface area contributed by atoms with Crippen LogP contribution < -0.4 is 4.72 Å². The first-order valence-corrected chi connectivity index (χ1v) is 7.95. The third-order valence-electron chi connectivity index (χ3n) is 2.64. The SMILES string of the molecule is O=S(=O)(NCC#Cc1ccccc1Cl)c1c(F)cccc1F. The second-order valence-corrected chi connectivity index (χ2v) is 6.27. The van der Waals surface area contributed by atoms with E-state index in [9.17, 15) is 17.2 Å². The average Bonchev–Trinajstić information content (AvgIpc) is 2.45. The standard InChI is InChI=1S/C15H10ClF2NO2S/c16-12-7-2-1-5-11(12)6-4-10-19-22(20,21)15-13(17)8-3-9-14(15)18/h1-3,5,7-9,19H,10H2. The van der Waals surface area contributed by atoms with Gasteiger partial charge in [0, 0.05) is 5.56 Å². The summed E-state index contributed by atoms with van der Waals surface area (Å²) in [6.45, 7) is -0.304. The minimum absolute atomic E-state index is 0.304. The van der Waals surface area contributed by atoms with E-state index >= 15 is 0 Å². The quantitative estimate of drug-likeness (QED) is 0.872. The van der Waals surface area contributed by atoms with Gasteiger partial charge in [0.05, 0.1) is 11.6 Å². The van der Waals surface area contributed by atoms with Crippen molar-refractivity contribution >= 4 is 21.6 Å². The summed E-state index contributed by atoms with van der Waals surface area (Å²) in [6.07, 6.45) is 0. The molecule has 7 heteroatoms. The van der Waals surface area contributed by atoms with Gasteiger partial charge in [-0.1, -0.05) is 41.6 Å². The van der Waals surface area contributed by atoms with Crippen LogP contribution in [0.4, 0.5) is 8.78 Å². The summed E-state index contributed by atoms with van der Waals surface area (Å²) >= 11 is 5.89. The molecule has 0 heterocycles. The molecule has 0 saturated heterocycles. The van der Waals surface area contributed by atoms with Crippen LogP contribution in [0.1, 0.15) is 5.56 Å². The molecule has 2 rings (SSSR count). The van der Waals surface area contributed by atoms with E-state index in [4.69, 9.17) is 11.6 Å². The Morgan fingerprint density at radius 2 is 1.68 bits per heavy atom. The largest absolute Gasteiger partial charge is 0.247 e. The highest BCUT2D eigenvalue weighted by Crippen LogP contribution is 2.17. The van der Waals surface area contributed by atoms with Crippen LogP contribution >= 0.6 is 11.6 Å². The fraction of sp³-hybridized carbons (Fsp3) is 0.0667. The molecule has 0 aromatic heterocycles. The summed E-state index contributed by atoms with van der Waals surface area (Å²) in [6, 6.07) is 9.60. The Labute approximate surface area is 132 Å². The first-order valence-electron chi connectivity index (χ1n) is 6.09. The summed E-state index contributed by atoms with van der Waals surface area (Å²) in [5.74, 6) is 2.89. The molecule has 2 aromatic carbocycles. The normalized spacial score (nSPS) is 10.9. The zero-order valence-electron chi connectivity index (χ0n) is 11.1. The maximum atomic E-state index is 13.5. The Hall–Kier alpha value is -1.94. The Bertz CT molecular complexity index is 837. The smallest absolute Gasteiger partial charge is 0.207 e. The van der Waals surface area contributed by atoms with Crippen LogP contribution in [-0.4, -0.2) is 15.0 Å². The molecule has 0 bridgehead atoms. The molecular formula is C15H10ClF2NO2S. The summed E-state index contributed by atoms with van der Waals surface area (Å²) in [7, 11) is -4.32. The Kier molecular flexibility index (Phi) is 5.14. The number of halogens is 3. The lowest BCUT2D eigenvalue weighted by Crippen LogP contribution is -2.26. The van der Waals surface area contributed by atoms with Gasteiger partial charge in [0.15, 0.2) is 4.90 Å². The zero-order valence-corrected chi connectivity index (χ0v) is 12.7. The lowest BCUT2D eigenvalue weighted by Gasteiger charge is -2.06. The van der Waals surface area contributed by atoms with E-state index in [1.54, 1.807) is 24.3 Å². The Morgan fingerprint density at radius 3 is 2.32 bits per heavy atom. The van der Waals surface area contributed by atoms with Crippen LogP contribution in [0, 0.1) is 23.5 Å². The van der Waals surface area contributed by atoms with Crippen molar-refractivity contribution in [1.29, 1.82) is 0 Å². The minimum Gasteiger partial charge on any atom is -0.207 e. The number of hydrogen-bond donors (Lipinski definition) is 1. The highest BCUT2D eigenvalue weighted by Gasteiger charge is 2.22. The molecule has 0 saturated carbocycles. The van der Waals surface area contributed by atoms with Crippen molar-refractivity contribution in [2.45, 2.75) is 4.90 Å². The van der Waals surface area contributed by atoms with Gasteiger partial charge in [-0.25, -0.2) is 17.2 Å². The number of sulfonamides is 1. The van der Waals surface area contributed by atoms with Crippen LogP contribution in [0.2, 0.25) is 5.02 Å². The Morgan fingerprint density at radius 1 is 1.05 bits per heavy atom. The lowest BCUT2D eigenvalue weighted by molar-refractivity contribution is 0.515. The van der Waals surface area contributed by atoms with Crippen LogP contribution in [0.5, 0.6) is 0 Å². The monoisotopic (exact) mass is 341 g/mol. The van der Waals surface area contributed by atoms with E-state index in [-0.39, 0.29) is 6.54 Å². The Balaban J connectivity index is 2.14. The van der Waals surface area contributed by atoms with Crippen LogP contribution in [-0.2, 0) is 10.0 Å². The van der Waals surface area contributed by atoms with Gasteiger partial charge < -0.3 is 0 Å². The molecule has 0 aliphatic heterocycles. The van der Waals surface area contributed by atoms with Gasteiger partial charge in [-0.15, -0.1) is 0 Å². The van der Waals surface area contributed by atoms with Gasteiger partial charge >= 0.3 is 0 Å². The number of hydrogen-bond acceptors (Lipinski definition) is 2. The molecule has 2 aromatic rings. The van der Waals surface area contributed by atoms with Crippen molar-refractivity contribution in [3.63, 3.8) is 0 Å². The maximum Gasteiger partial charge on any atom is 0.247 e. The summed E-state index contributed by atoms with van der Waals surface area (Å²) in [5.41, 5.74) is 0.528. The van der Waals surface area contributed by atoms with Crippen molar-refractivity contribution < 1.29 is 17.2 Å². The summed E-state index contributed by atoms with van der Waals surface area (Å²) in [5, 5.41) is 0.429. The molecule has 1 N–H and O–H groups in total. The van der Waals surface area contributed by atoms with Crippen LogP contribution in [0.3, 0.4) is 0 Å². The van der Waals surface area contributed by atoms with Gasteiger partial charge in [0.2, 0.25) is 10.0 Å². The molecule has 3 nitrogen and oxygen atoms in total. The van der Waals surface area contributed by atoms with Crippen molar-refractivity contribution in [1.82, 2.24) is 4.72 Å². The molecule has 0 aliphatic carbocycles. The number of nitrogens with one attached hydrogen (secondary N) is 1. The predicted octanol–water partition coefficient (Wildman–Crippen LogP) is 2.95. The molecule has 0 atom stereocenters. The molecule has 0 unspecified atom stereocenters. The van der Waals surface area contributed by atoms with E-state index in [0.717, 1.165) is 18.2 Å². The zero-order chi connectivity index (χ0) is 16.2. The fourth-order valence-corrected chi connectivity index (χ4v) is 2.88. The molecule has 0 amide bonds. The van der Waals surface area contributed by atoms with Crippen molar-refractivity contribution in [3.8, 4) is 11.8 Å². The van der Waals surface area contributed by atoms with Gasteiger partial charge in [-0.05, 0) is 24.3 Å². The van der Waals surface area contributed by atoms with Crippen molar-refractivity contribution in [3.05, 3.63) is 64.7 Å². The molecular weight excluding hydrogens is 332 g/mol. The highest BCUT2D eigenvalue weighted by atomic mass is 35.5. The first kappa shape index (κ1) is 16.4. The first-order chi connectivity index (χ1) is 10.4. The number of rotatable bonds is 3. The predicted molar refractivity (Wildman–Crippen MR) is 79.9 cm³/mol. The summed E-state index contributed by atoms with van der Waals surface area (Å²) in [4.78, 5) is -1.02. The van der Waals surface area contributed by atoms with E-state index in [1.165, 1.54) is 0 Å². The minimum atomic E-state index is -4.32. The molecule has 0 aliphatic rings. The van der Waals surface area contributed by atoms with Gasteiger partial charge in [0.1, 0.15) is 11.6 Å². The van der Waals surface area contributed by atoms with E-state index in [1.807, 2.05) is 4.72 Å². The highest BCUT2D eigenvalue weighted by molar-refractivity contribution is 7.89. The second-order valence-electron chi connectivity index (χ2n) is 4.16. The molecule has 22 heavy (non-hydrogen) atoms. The third-order valence-corrected chi connectivity index (χ3v) is 4.42. The van der Waals surface area contributed by atoms with Gasteiger partial charge in [0.25, 0.3) is 0 Å². The van der Waals surface area contributed by atoms with Crippen molar-refractivity contribution in [2.24, 2.45) is 0 Å². The molecule has 0 fully saturated rings. The average molecular weight is 342 g/mol. The second kappa shape index (κ2) is 6.88. The molecule has 0 radical (unpaired) electrons. The van der Waals surface area contributed by atoms with E-state index < -0.39 is 26.6 Å².